The molecule has 1 saturated heterocycles. The number of rotatable bonds is 5. The summed E-state index contributed by atoms with van der Waals surface area (Å²) in [5.41, 5.74) is 5.28. The molecule has 2 N–H and O–H groups in total. The average molecular weight is 347 g/mol. The van der Waals surface area contributed by atoms with Crippen molar-refractivity contribution in [2.24, 2.45) is 0 Å². The molecule has 1 aromatic carbocycles. The third kappa shape index (κ3) is 6.30. The van der Waals surface area contributed by atoms with Crippen molar-refractivity contribution >= 4 is 5.69 Å². The van der Waals surface area contributed by atoms with Gasteiger partial charge in [-0.25, -0.2) is 0 Å². The van der Waals surface area contributed by atoms with Crippen LogP contribution in [-0.2, 0) is 17.5 Å². The van der Waals surface area contributed by atoms with E-state index in [9.17, 15) is 13.2 Å². The number of halogens is 3. The van der Waals surface area contributed by atoms with Crippen LogP contribution in [0.4, 0.5) is 18.9 Å². The summed E-state index contributed by atoms with van der Waals surface area (Å²) in [6, 6.07) is 4.03. The van der Waals surface area contributed by atoms with Gasteiger partial charge < -0.3 is 10.5 Å². The van der Waals surface area contributed by atoms with Crippen LogP contribution in [-0.4, -0.2) is 56.2 Å². The summed E-state index contributed by atoms with van der Waals surface area (Å²) in [7, 11) is 1.66. The fourth-order valence-corrected chi connectivity index (χ4v) is 2.63. The van der Waals surface area contributed by atoms with Crippen LogP contribution in [0.3, 0.4) is 0 Å². The van der Waals surface area contributed by atoms with Gasteiger partial charge in [0.15, 0.2) is 0 Å². The predicted octanol–water partition coefficient (Wildman–Crippen LogP) is 3.08. The molecule has 1 heterocycles. The van der Waals surface area contributed by atoms with Crippen LogP contribution in [0, 0.1) is 0 Å². The molecule has 7 heteroatoms. The van der Waals surface area contributed by atoms with Gasteiger partial charge in [-0.1, -0.05) is 19.9 Å². The highest BCUT2D eigenvalue weighted by atomic mass is 19.4. The van der Waals surface area contributed by atoms with Gasteiger partial charge >= 0.3 is 6.18 Å². The number of nitrogens with zero attached hydrogens (tertiary/aromatic N) is 2. The number of benzene rings is 1. The molecule has 138 valence electrons. The van der Waals surface area contributed by atoms with Crippen molar-refractivity contribution in [2.75, 3.05) is 52.2 Å². The first kappa shape index (κ1) is 20.7. The highest BCUT2D eigenvalue weighted by molar-refractivity contribution is 5.46. The molecular formula is C17H28F3N3O. The Bertz CT molecular complexity index is 486. The van der Waals surface area contributed by atoms with E-state index in [1.54, 1.807) is 7.11 Å². The third-order valence-corrected chi connectivity index (χ3v) is 3.91. The van der Waals surface area contributed by atoms with E-state index in [2.05, 4.69) is 4.90 Å². The van der Waals surface area contributed by atoms with Crippen LogP contribution in [0.2, 0.25) is 0 Å². The van der Waals surface area contributed by atoms with Crippen LogP contribution < -0.4 is 5.73 Å². The van der Waals surface area contributed by atoms with E-state index in [4.69, 9.17) is 10.5 Å². The summed E-state index contributed by atoms with van der Waals surface area (Å²) >= 11 is 0. The maximum atomic E-state index is 13.1. The summed E-state index contributed by atoms with van der Waals surface area (Å²) in [4.78, 5) is 4.30. The zero-order valence-corrected chi connectivity index (χ0v) is 14.7. The van der Waals surface area contributed by atoms with Crippen LogP contribution >= 0.6 is 0 Å². The van der Waals surface area contributed by atoms with Gasteiger partial charge in [-0.3, -0.25) is 9.80 Å². The molecule has 0 aromatic heterocycles. The van der Waals surface area contributed by atoms with Gasteiger partial charge in [0.25, 0.3) is 0 Å². The maximum Gasteiger partial charge on any atom is 0.416 e. The van der Waals surface area contributed by atoms with Crippen molar-refractivity contribution in [3.8, 4) is 0 Å². The molecule has 1 aromatic rings. The van der Waals surface area contributed by atoms with Crippen molar-refractivity contribution in [3.63, 3.8) is 0 Å². The Hall–Kier alpha value is -1.31. The SMILES string of the molecule is CC.COCCN1CCN(Cc2ccc(N)cc2C(F)(F)F)CC1. The number of hydrogen-bond acceptors (Lipinski definition) is 4. The molecule has 0 aliphatic carbocycles. The largest absolute Gasteiger partial charge is 0.416 e. The van der Waals surface area contributed by atoms with Gasteiger partial charge in [0, 0.05) is 52.1 Å². The Morgan fingerprint density at radius 3 is 2.21 bits per heavy atom. The second kappa shape index (κ2) is 9.86. The Labute approximate surface area is 142 Å². The summed E-state index contributed by atoms with van der Waals surface area (Å²) in [6.45, 7) is 9.04. The van der Waals surface area contributed by atoms with E-state index in [-0.39, 0.29) is 11.3 Å². The normalized spacial score (nSPS) is 16.6. The van der Waals surface area contributed by atoms with Crippen molar-refractivity contribution < 1.29 is 17.9 Å². The molecule has 1 aliphatic rings. The summed E-state index contributed by atoms with van der Waals surface area (Å²) in [6.07, 6.45) is -4.37. The molecule has 0 atom stereocenters. The van der Waals surface area contributed by atoms with Gasteiger partial charge in [0.1, 0.15) is 0 Å². The lowest BCUT2D eigenvalue weighted by Crippen LogP contribution is -2.46. The van der Waals surface area contributed by atoms with E-state index >= 15 is 0 Å². The minimum Gasteiger partial charge on any atom is -0.399 e. The predicted molar refractivity (Wildman–Crippen MR) is 90.8 cm³/mol. The minimum absolute atomic E-state index is 0.139. The molecule has 1 aliphatic heterocycles. The van der Waals surface area contributed by atoms with Crippen LogP contribution in [0.1, 0.15) is 25.0 Å². The third-order valence-electron chi connectivity index (χ3n) is 3.91. The number of piperazine rings is 1. The van der Waals surface area contributed by atoms with E-state index < -0.39 is 11.7 Å². The fraction of sp³-hybridized carbons (Fsp3) is 0.647. The Morgan fingerprint density at radius 1 is 1.08 bits per heavy atom. The van der Waals surface area contributed by atoms with Crippen LogP contribution in [0.15, 0.2) is 18.2 Å². The van der Waals surface area contributed by atoms with Crippen molar-refractivity contribution in [3.05, 3.63) is 29.3 Å². The first-order valence-electron chi connectivity index (χ1n) is 8.29. The topological polar surface area (TPSA) is 41.7 Å². The van der Waals surface area contributed by atoms with Crippen LogP contribution in [0.5, 0.6) is 0 Å². The van der Waals surface area contributed by atoms with Gasteiger partial charge in [-0.05, 0) is 17.7 Å². The van der Waals surface area contributed by atoms with Gasteiger partial charge in [-0.15, -0.1) is 0 Å². The highest BCUT2D eigenvalue weighted by Gasteiger charge is 2.34. The van der Waals surface area contributed by atoms with Gasteiger partial charge in [-0.2, -0.15) is 13.2 Å². The highest BCUT2D eigenvalue weighted by Crippen LogP contribution is 2.34. The number of methoxy groups -OCH3 is 1. The maximum absolute atomic E-state index is 13.1. The lowest BCUT2D eigenvalue weighted by atomic mass is 10.1. The molecular weight excluding hydrogens is 319 g/mol. The Kier molecular flexibility index (Phi) is 8.52. The number of anilines is 1. The van der Waals surface area contributed by atoms with E-state index in [0.29, 0.717) is 13.2 Å². The number of ether oxygens (including phenoxy) is 1. The molecule has 2 rings (SSSR count). The van der Waals surface area contributed by atoms with E-state index in [0.717, 1.165) is 38.8 Å². The molecule has 0 bridgehead atoms. The minimum atomic E-state index is -4.37. The zero-order valence-electron chi connectivity index (χ0n) is 14.7. The average Bonchev–Trinajstić information content (AvgIpc) is 2.57. The van der Waals surface area contributed by atoms with E-state index in [1.165, 1.54) is 12.1 Å². The molecule has 0 spiro atoms. The molecule has 4 nitrogen and oxygen atoms in total. The van der Waals surface area contributed by atoms with Gasteiger partial charge in [0.05, 0.1) is 12.2 Å². The van der Waals surface area contributed by atoms with E-state index in [1.807, 2.05) is 18.7 Å². The van der Waals surface area contributed by atoms with Gasteiger partial charge in [0.2, 0.25) is 0 Å². The number of alkyl halides is 3. The first-order chi connectivity index (χ1) is 11.4. The Balaban J connectivity index is 0.00000139. The number of nitrogens with two attached hydrogens (primary N) is 1. The summed E-state index contributed by atoms with van der Waals surface area (Å²) in [5, 5.41) is 0. The standard InChI is InChI=1S/C15H22F3N3O.C2H6/c1-22-9-8-20-4-6-21(7-5-20)11-12-2-3-13(19)10-14(12)15(16,17)18;1-2/h2-3,10H,4-9,11,19H2,1H3;1-2H3. The van der Waals surface area contributed by atoms with Crippen molar-refractivity contribution in [1.82, 2.24) is 9.80 Å². The molecule has 0 radical (unpaired) electrons. The zero-order chi connectivity index (χ0) is 18.2. The lowest BCUT2D eigenvalue weighted by molar-refractivity contribution is -0.138. The number of nitrogen functional groups attached to an aromatic ring is 1. The summed E-state index contributed by atoms with van der Waals surface area (Å²) in [5.74, 6) is 0. The second-order valence-electron chi connectivity index (χ2n) is 5.52. The quantitative estimate of drug-likeness (QED) is 0.831. The van der Waals surface area contributed by atoms with Crippen molar-refractivity contribution in [1.29, 1.82) is 0 Å². The molecule has 1 fully saturated rings. The monoisotopic (exact) mass is 347 g/mol. The number of hydrogen-bond donors (Lipinski definition) is 1. The second-order valence-corrected chi connectivity index (χ2v) is 5.52. The molecule has 24 heavy (non-hydrogen) atoms. The van der Waals surface area contributed by atoms with Crippen molar-refractivity contribution in [2.45, 2.75) is 26.6 Å². The molecule has 0 unspecified atom stereocenters. The fourth-order valence-electron chi connectivity index (χ4n) is 2.63. The lowest BCUT2D eigenvalue weighted by Gasteiger charge is -2.35. The Morgan fingerprint density at radius 2 is 1.67 bits per heavy atom. The molecule has 0 saturated carbocycles. The molecule has 0 amide bonds. The first-order valence-corrected chi connectivity index (χ1v) is 8.29. The smallest absolute Gasteiger partial charge is 0.399 e. The van der Waals surface area contributed by atoms with Crippen LogP contribution in [0.25, 0.3) is 0 Å². The summed E-state index contributed by atoms with van der Waals surface area (Å²) < 4.78 is 44.3.